The molecule has 1 N–H and O–H groups in total. The van der Waals surface area contributed by atoms with Gasteiger partial charge in [0.05, 0.1) is 0 Å². The van der Waals surface area contributed by atoms with Crippen molar-refractivity contribution < 1.29 is 23.9 Å². The van der Waals surface area contributed by atoms with Crippen molar-refractivity contribution in [3.63, 3.8) is 0 Å². The summed E-state index contributed by atoms with van der Waals surface area (Å²) in [5.74, 6) is 0.0371. The molecule has 36 heavy (non-hydrogen) atoms. The number of nitrogens with zero attached hydrogens (tertiary/aromatic N) is 3. The molecule has 3 amide bonds. The summed E-state index contributed by atoms with van der Waals surface area (Å²) in [6.45, 7) is 20.5. The SMILES string of the molecule is CC(C)(C)OC(=O)N1CCNCC1.Cc1cccc(C(=O)N2CCN(C(=O)OC(C)(C)C)CC2)c1C. The van der Waals surface area contributed by atoms with Gasteiger partial charge in [-0.3, -0.25) is 4.79 Å². The Morgan fingerprint density at radius 2 is 1.17 bits per heavy atom. The lowest BCUT2D eigenvalue weighted by molar-refractivity contribution is 0.0140. The van der Waals surface area contributed by atoms with Gasteiger partial charge in [0.1, 0.15) is 11.2 Å². The van der Waals surface area contributed by atoms with Crippen LogP contribution in [0.1, 0.15) is 63.0 Å². The predicted octanol–water partition coefficient (Wildman–Crippen LogP) is 3.82. The second-order valence-electron chi connectivity index (χ2n) is 11.2. The third-order valence-corrected chi connectivity index (χ3v) is 5.82. The van der Waals surface area contributed by atoms with Crippen LogP contribution in [-0.2, 0) is 9.47 Å². The molecule has 9 nitrogen and oxygen atoms in total. The third-order valence-electron chi connectivity index (χ3n) is 5.82. The number of amides is 3. The smallest absolute Gasteiger partial charge is 0.410 e. The molecule has 1 aromatic carbocycles. The molecule has 2 fully saturated rings. The lowest BCUT2D eigenvalue weighted by Gasteiger charge is -2.35. The molecule has 0 spiro atoms. The number of hydrogen-bond donors (Lipinski definition) is 1. The average molecular weight is 505 g/mol. The lowest BCUT2D eigenvalue weighted by atomic mass is 10.0. The molecular formula is C27H44N4O5. The molecule has 2 aliphatic heterocycles. The normalized spacial score (nSPS) is 16.6. The minimum absolute atomic E-state index is 0.0371. The van der Waals surface area contributed by atoms with Gasteiger partial charge in [-0.05, 0) is 72.6 Å². The molecule has 0 aliphatic carbocycles. The number of carbonyl (C=O) groups excluding carboxylic acids is 3. The summed E-state index contributed by atoms with van der Waals surface area (Å²) in [6.07, 6.45) is -0.509. The quantitative estimate of drug-likeness (QED) is 0.625. The van der Waals surface area contributed by atoms with Crippen LogP contribution >= 0.6 is 0 Å². The van der Waals surface area contributed by atoms with Crippen molar-refractivity contribution in [1.82, 2.24) is 20.0 Å². The fourth-order valence-corrected chi connectivity index (χ4v) is 3.75. The third kappa shape index (κ3) is 9.33. The molecule has 0 aromatic heterocycles. The van der Waals surface area contributed by atoms with Crippen LogP contribution in [0.4, 0.5) is 9.59 Å². The summed E-state index contributed by atoms with van der Waals surface area (Å²) in [7, 11) is 0. The molecule has 2 heterocycles. The van der Waals surface area contributed by atoms with E-state index in [1.54, 1.807) is 9.80 Å². The number of piperazine rings is 2. The topological polar surface area (TPSA) is 91.4 Å². The van der Waals surface area contributed by atoms with Crippen LogP contribution in [0.3, 0.4) is 0 Å². The van der Waals surface area contributed by atoms with Crippen molar-refractivity contribution in [2.75, 3.05) is 52.4 Å². The first kappa shape index (κ1) is 29.4. The predicted molar refractivity (Wildman–Crippen MR) is 140 cm³/mol. The number of benzene rings is 1. The Labute approximate surface area is 216 Å². The van der Waals surface area contributed by atoms with Crippen molar-refractivity contribution in [1.29, 1.82) is 0 Å². The van der Waals surface area contributed by atoms with E-state index in [4.69, 9.17) is 9.47 Å². The molecule has 0 atom stereocenters. The van der Waals surface area contributed by atoms with Gasteiger partial charge in [-0.25, -0.2) is 9.59 Å². The Hall–Kier alpha value is -2.81. The highest BCUT2D eigenvalue weighted by molar-refractivity contribution is 5.96. The van der Waals surface area contributed by atoms with Gasteiger partial charge in [0, 0.05) is 57.9 Å². The molecule has 2 aliphatic rings. The zero-order valence-corrected chi connectivity index (χ0v) is 23.3. The lowest BCUT2D eigenvalue weighted by Crippen LogP contribution is -2.51. The fourth-order valence-electron chi connectivity index (χ4n) is 3.75. The molecule has 9 heteroatoms. The van der Waals surface area contributed by atoms with Crippen LogP contribution in [0.25, 0.3) is 0 Å². The first-order valence-corrected chi connectivity index (χ1v) is 12.7. The maximum Gasteiger partial charge on any atom is 0.410 e. The summed E-state index contributed by atoms with van der Waals surface area (Å²) in [5, 5.41) is 3.18. The van der Waals surface area contributed by atoms with E-state index in [2.05, 4.69) is 5.32 Å². The van der Waals surface area contributed by atoms with Crippen molar-refractivity contribution in [2.45, 2.75) is 66.6 Å². The van der Waals surface area contributed by atoms with E-state index in [1.807, 2.05) is 78.5 Å². The maximum atomic E-state index is 12.7. The molecule has 202 valence electrons. The van der Waals surface area contributed by atoms with Crippen LogP contribution in [-0.4, -0.2) is 96.4 Å². The molecule has 2 saturated heterocycles. The van der Waals surface area contributed by atoms with Gasteiger partial charge in [-0.1, -0.05) is 12.1 Å². The number of carbonyl (C=O) groups is 3. The maximum absolute atomic E-state index is 12.7. The van der Waals surface area contributed by atoms with Gasteiger partial charge < -0.3 is 29.5 Å². The largest absolute Gasteiger partial charge is 0.444 e. The molecule has 1 aromatic rings. The Balaban J connectivity index is 0.000000297. The van der Waals surface area contributed by atoms with Crippen LogP contribution in [0.15, 0.2) is 18.2 Å². The van der Waals surface area contributed by atoms with Crippen LogP contribution in [0, 0.1) is 13.8 Å². The number of aryl methyl sites for hydroxylation is 1. The Morgan fingerprint density at radius 1 is 0.722 bits per heavy atom. The van der Waals surface area contributed by atoms with E-state index in [0.29, 0.717) is 26.2 Å². The zero-order valence-electron chi connectivity index (χ0n) is 23.3. The van der Waals surface area contributed by atoms with Gasteiger partial charge >= 0.3 is 12.2 Å². The molecule has 0 radical (unpaired) electrons. The fraction of sp³-hybridized carbons (Fsp3) is 0.667. The summed E-state index contributed by atoms with van der Waals surface area (Å²) in [5.41, 5.74) is 2.00. The van der Waals surface area contributed by atoms with Crippen molar-refractivity contribution in [2.24, 2.45) is 0 Å². The summed E-state index contributed by atoms with van der Waals surface area (Å²) >= 11 is 0. The van der Waals surface area contributed by atoms with E-state index in [9.17, 15) is 14.4 Å². The highest BCUT2D eigenvalue weighted by Gasteiger charge is 2.28. The Bertz CT molecular complexity index is 906. The number of ether oxygens (including phenoxy) is 2. The van der Waals surface area contributed by atoms with Gasteiger partial charge in [-0.15, -0.1) is 0 Å². The van der Waals surface area contributed by atoms with Gasteiger partial charge in [0.25, 0.3) is 5.91 Å². The standard InChI is InChI=1S/C18H26N2O3.C9H18N2O2/c1-13-7-6-8-15(14(13)2)16(21)19-9-11-20(12-10-19)17(22)23-18(3,4)5;1-9(2,3)13-8(12)11-6-4-10-5-7-11/h6-8H,9-12H2,1-5H3;10H,4-7H2,1-3H3. The van der Waals surface area contributed by atoms with Crippen molar-refractivity contribution in [3.05, 3.63) is 34.9 Å². The first-order valence-electron chi connectivity index (χ1n) is 12.7. The first-order chi connectivity index (χ1) is 16.7. The van der Waals surface area contributed by atoms with Crippen LogP contribution in [0.2, 0.25) is 0 Å². The molecule has 0 saturated carbocycles. The van der Waals surface area contributed by atoms with E-state index in [0.717, 1.165) is 42.9 Å². The summed E-state index contributed by atoms with van der Waals surface area (Å²) in [4.78, 5) is 41.4. The van der Waals surface area contributed by atoms with Gasteiger partial charge in [0.2, 0.25) is 0 Å². The van der Waals surface area contributed by atoms with Crippen LogP contribution < -0.4 is 5.32 Å². The number of hydrogen-bond acceptors (Lipinski definition) is 6. The molecule has 3 rings (SSSR count). The van der Waals surface area contributed by atoms with Crippen LogP contribution in [0.5, 0.6) is 0 Å². The van der Waals surface area contributed by atoms with Gasteiger partial charge in [0.15, 0.2) is 0 Å². The Morgan fingerprint density at radius 3 is 1.64 bits per heavy atom. The molecular weight excluding hydrogens is 460 g/mol. The highest BCUT2D eigenvalue weighted by atomic mass is 16.6. The Kier molecular flexibility index (Phi) is 10.2. The monoisotopic (exact) mass is 504 g/mol. The van der Waals surface area contributed by atoms with E-state index < -0.39 is 5.60 Å². The summed E-state index contributed by atoms with van der Waals surface area (Å²) in [6, 6.07) is 5.78. The van der Waals surface area contributed by atoms with E-state index >= 15 is 0 Å². The summed E-state index contributed by atoms with van der Waals surface area (Å²) < 4.78 is 10.6. The second-order valence-corrected chi connectivity index (χ2v) is 11.2. The average Bonchev–Trinajstić information content (AvgIpc) is 2.79. The molecule has 0 bridgehead atoms. The second kappa shape index (κ2) is 12.4. The van der Waals surface area contributed by atoms with Crippen molar-refractivity contribution in [3.8, 4) is 0 Å². The minimum Gasteiger partial charge on any atom is -0.444 e. The zero-order chi connectivity index (χ0) is 27.1. The van der Waals surface area contributed by atoms with E-state index in [-0.39, 0.29) is 23.7 Å². The number of rotatable bonds is 1. The minimum atomic E-state index is -0.497. The van der Waals surface area contributed by atoms with E-state index in [1.165, 1.54) is 0 Å². The molecule has 0 unspecified atom stereocenters. The van der Waals surface area contributed by atoms with Crippen molar-refractivity contribution >= 4 is 18.1 Å². The van der Waals surface area contributed by atoms with Gasteiger partial charge in [-0.2, -0.15) is 0 Å². The highest BCUT2D eigenvalue weighted by Crippen LogP contribution is 2.17. The number of nitrogens with one attached hydrogen (secondary N) is 1.